The normalized spacial score (nSPS) is 53.3. The Kier molecular flexibility index (Phi) is 1.36. The molecule has 0 aromatic heterocycles. The van der Waals surface area contributed by atoms with Crippen LogP contribution in [0.1, 0.15) is 32.1 Å². The molecular formula is C10H15NO2. The topological polar surface area (TPSA) is 49.3 Å². The van der Waals surface area contributed by atoms with E-state index in [4.69, 9.17) is 0 Å². The van der Waals surface area contributed by atoms with Gasteiger partial charge in [0.05, 0.1) is 5.60 Å². The highest BCUT2D eigenvalue weighted by Crippen LogP contribution is 2.47. The molecule has 0 spiro atoms. The van der Waals surface area contributed by atoms with Crippen molar-refractivity contribution >= 4 is 5.91 Å². The monoisotopic (exact) mass is 181 g/mol. The number of rotatable bonds is 0. The number of fused-ring (bicyclic) bond motifs is 1. The lowest BCUT2D eigenvalue weighted by molar-refractivity contribution is -0.127. The van der Waals surface area contributed by atoms with E-state index in [-0.39, 0.29) is 17.9 Å². The van der Waals surface area contributed by atoms with Gasteiger partial charge in [-0.25, -0.2) is 0 Å². The van der Waals surface area contributed by atoms with Crippen molar-refractivity contribution in [3.63, 3.8) is 0 Å². The molecule has 3 heteroatoms. The first-order chi connectivity index (χ1) is 6.15. The first-order valence-corrected chi connectivity index (χ1v) is 5.17. The zero-order valence-corrected chi connectivity index (χ0v) is 7.62. The van der Waals surface area contributed by atoms with Crippen LogP contribution in [0.5, 0.6) is 0 Å². The van der Waals surface area contributed by atoms with Crippen molar-refractivity contribution in [2.24, 2.45) is 11.8 Å². The Hall–Kier alpha value is -0.570. The Bertz CT molecular complexity index is 266. The van der Waals surface area contributed by atoms with Crippen LogP contribution in [-0.4, -0.2) is 22.7 Å². The summed E-state index contributed by atoms with van der Waals surface area (Å²) in [6, 6.07) is 0.253. The fraction of sp³-hybridized carbons (Fsp3) is 0.900. The summed E-state index contributed by atoms with van der Waals surface area (Å²) in [5, 5.41) is 13.2. The summed E-state index contributed by atoms with van der Waals surface area (Å²) in [4.78, 5) is 11.6. The second-order valence-electron chi connectivity index (χ2n) is 5.08. The number of carbonyl (C=O) groups is 1. The van der Waals surface area contributed by atoms with Crippen LogP contribution in [0, 0.1) is 11.8 Å². The predicted octanol–water partition coefficient (Wildman–Crippen LogP) is 0.426. The molecule has 72 valence electrons. The van der Waals surface area contributed by atoms with E-state index in [1.165, 1.54) is 0 Å². The van der Waals surface area contributed by atoms with Crippen molar-refractivity contribution < 1.29 is 9.90 Å². The molecule has 2 saturated heterocycles. The fourth-order valence-corrected chi connectivity index (χ4v) is 3.57. The molecule has 0 aromatic rings. The molecule has 4 atom stereocenters. The Morgan fingerprint density at radius 3 is 2.92 bits per heavy atom. The molecular weight excluding hydrogens is 166 g/mol. The van der Waals surface area contributed by atoms with E-state index in [2.05, 4.69) is 5.32 Å². The lowest BCUT2D eigenvalue weighted by Crippen LogP contribution is -2.45. The highest BCUT2D eigenvalue weighted by atomic mass is 16.3. The maximum absolute atomic E-state index is 11.6. The molecule has 2 aliphatic carbocycles. The van der Waals surface area contributed by atoms with Gasteiger partial charge >= 0.3 is 0 Å². The summed E-state index contributed by atoms with van der Waals surface area (Å²) in [6.45, 7) is 0. The van der Waals surface area contributed by atoms with Gasteiger partial charge in [0.2, 0.25) is 5.91 Å². The van der Waals surface area contributed by atoms with Gasteiger partial charge in [0.15, 0.2) is 0 Å². The minimum Gasteiger partial charge on any atom is -0.390 e. The van der Waals surface area contributed by atoms with Crippen molar-refractivity contribution in [2.45, 2.75) is 43.7 Å². The maximum atomic E-state index is 11.6. The molecule has 4 rings (SSSR count). The predicted molar refractivity (Wildman–Crippen MR) is 46.9 cm³/mol. The minimum absolute atomic E-state index is 0.0937. The van der Waals surface area contributed by atoms with Crippen molar-refractivity contribution in [3.8, 4) is 0 Å². The maximum Gasteiger partial charge on any atom is 0.223 e. The quantitative estimate of drug-likeness (QED) is 0.569. The van der Waals surface area contributed by atoms with Gasteiger partial charge in [-0.2, -0.15) is 0 Å². The molecule has 0 radical (unpaired) electrons. The van der Waals surface area contributed by atoms with E-state index in [1.54, 1.807) is 0 Å². The van der Waals surface area contributed by atoms with Gasteiger partial charge in [-0.1, -0.05) is 0 Å². The second-order valence-corrected chi connectivity index (χ2v) is 5.08. The van der Waals surface area contributed by atoms with Gasteiger partial charge in [0, 0.05) is 12.0 Å². The summed E-state index contributed by atoms with van der Waals surface area (Å²) < 4.78 is 0. The van der Waals surface area contributed by atoms with Gasteiger partial charge in [-0.3, -0.25) is 4.79 Å². The Morgan fingerprint density at radius 1 is 1.31 bits per heavy atom. The molecule has 4 bridgehead atoms. The fourth-order valence-electron chi connectivity index (χ4n) is 3.57. The smallest absolute Gasteiger partial charge is 0.223 e. The first kappa shape index (κ1) is 7.80. The van der Waals surface area contributed by atoms with Crippen LogP contribution in [-0.2, 0) is 4.79 Å². The number of nitrogens with one attached hydrogen (secondary N) is 1. The molecule has 1 amide bonds. The van der Waals surface area contributed by atoms with E-state index in [0.29, 0.717) is 12.3 Å². The summed E-state index contributed by atoms with van der Waals surface area (Å²) in [6.07, 6.45) is 4.50. The molecule has 3 nitrogen and oxygen atoms in total. The third-order valence-electron chi connectivity index (χ3n) is 3.87. The molecule has 2 N–H and O–H groups in total. The largest absolute Gasteiger partial charge is 0.390 e. The van der Waals surface area contributed by atoms with Crippen LogP contribution in [0.3, 0.4) is 0 Å². The zero-order chi connectivity index (χ0) is 9.05. The third-order valence-corrected chi connectivity index (χ3v) is 3.87. The Morgan fingerprint density at radius 2 is 2.15 bits per heavy atom. The number of hydrogen-bond acceptors (Lipinski definition) is 2. The average molecular weight is 181 g/mol. The minimum atomic E-state index is -0.518. The summed E-state index contributed by atoms with van der Waals surface area (Å²) >= 11 is 0. The average Bonchev–Trinajstić information content (AvgIpc) is 2.12. The van der Waals surface area contributed by atoms with Crippen LogP contribution in [0.15, 0.2) is 0 Å². The molecule has 0 aromatic carbocycles. The van der Waals surface area contributed by atoms with E-state index in [9.17, 15) is 9.90 Å². The van der Waals surface area contributed by atoms with Crippen LogP contribution >= 0.6 is 0 Å². The molecule has 4 fully saturated rings. The van der Waals surface area contributed by atoms with Crippen molar-refractivity contribution in [1.82, 2.24) is 5.32 Å². The highest BCUT2D eigenvalue weighted by molar-refractivity contribution is 5.80. The zero-order valence-electron chi connectivity index (χ0n) is 7.62. The van der Waals surface area contributed by atoms with E-state index < -0.39 is 5.60 Å². The van der Waals surface area contributed by atoms with Crippen LogP contribution in [0.25, 0.3) is 0 Å². The van der Waals surface area contributed by atoms with Gasteiger partial charge in [0.1, 0.15) is 0 Å². The summed E-state index contributed by atoms with van der Waals surface area (Å²) in [7, 11) is 0. The standard InChI is InChI=1S/C10H15NO2/c12-9-7-1-6-2-8(11-9)5-10(13,3-6)4-7/h6-8,13H,1-5H2,(H,11,12). The summed E-state index contributed by atoms with van der Waals surface area (Å²) in [5.74, 6) is 0.862. The second kappa shape index (κ2) is 2.27. The van der Waals surface area contributed by atoms with E-state index in [1.807, 2.05) is 0 Å². The number of aliphatic hydroxyl groups is 1. The first-order valence-electron chi connectivity index (χ1n) is 5.17. The van der Waals surface area contributed by atoms with E-state index in [0.717, 1.165) is 25.7 Å². The number of carbonyl (C=O) groups excluding carboxylic acids is 1. The van der Waals surface area contributed by atoms with Crippen molar-refractivity contribution in [3.05, 3.63) is 0 Å². The van der Waals surface area contributed by atoms with E-state index >= 15 is 0 Å². The molecule has 2 aliphatic heterocycles. The highest BCUT2D eigenvalue weighted by Gasteiger charge is 2.50. The molecule has 13 heavy (non-hydrogen) atoms. The lowest BCUT2D eigenvalue weighted by Gasteiger charge is -2.43. The van der Waals surface area contributed by atoms with Crippen molar-refractivity contribution in [1.29, 1.82) is 0 Å². The van der Waals surface area contributed by atoms with Gasteiger partial charge in [-0.15, -0.1) is 0 Å². The van der Waals surface area contributed by atoms with Gasteiger partial charge in [0.25, 0.3) is 0 Å². The number of hydrogen-bond donors (Lipinski definition) is 2. The van der Waals surface area contributed by atoms with Gasteiger partial charge in [-0.05, 0) is 38.0 Å². The Labute approximate surface area is 77.5 Å². The van der Waals surface area contributed by atoms with Crippen molar-refractivity contribution in [2.75, 3.05) is 0 Å². The molecule has 4 unspecified atom stereocenters. The van der Waals surface area contributed by atoms with Crippen LogP contribution in [0.2, 0.25) is 0 Å². The van der Waals surface area contributed by atoms with Crippen LogP contribution < -0.4 is 5.32 Å². The molecule has 2 saturated carbocycles. The lowest BCUT2D eigenvalue weighted by atomic mass is 9.65. The van der Waals surface area contributed by atoms with Crippen LogP contribution in [0.4, 0.5) is 0 Å². The van der Waals surface area contributed by atoms with Gasteiger partial charge < -0.3 is 10.4 Å². The molecule has 2 heterocycles. The Balaban J connectivity index is 2.00. The molecule has 4 aliphatic rings. The SMILES string of the molecule is O=C1NC2CC3CC1CC(O)(C3)C2. The third kappa shape index (κ3) is 1.10. The summed E-state index contributed by atoms with van der Waals surface area (Å²) in [5.41, 5.74) is -0.518. The number of amides is 1.